The first-order chi connectivity index (χ1) is 6.40. The SMILES string of the molecule is [C-]#[N+]CC1COc2ccccc2O1. The highest BCUT2D eigenvalue weighted by Crippen LogP contribution is 2.30. The molecule has 0 fully saturated rings. The third-order valence-electron chi connectivity index (χ3n) is 1.86. The van der Waals surface area contributed by atoms with Crippen LogP contribution in [0.5, 0.6) is 11.5 Å². The fraction of sp³-hybridized carbons (Fsp3) is 0.300. The van der Waals surface area contributed by atoms with Gasteiger partial charge < -0.3 is 14.3 Å². The van der Waals surface area contributed by atoms with Gasteiger partial charge in [-0.2, -0.15) is 0 Å². The van der Waals surface area contributed by atoms with Gasteiger partial charge in [0.1, 0.15) is 6.61 Å². The zero-order valence-corrected chi connectivity index (χ0v) is 7.06. The van der Waals surface area contributed by atoms with Crippen LogP contribution in [-0.2, 0) is 0 Å². The Hall–Kier alpha value is -1.69. The summed E-state index contributed by atoms with van der Waals surface area (Å²) < 4.78 is 11.0. The minimum Gasteiger partial charge on any atom is -0.486 e. The zero-order chi connectivity index (χ0) is 9.10. The summed E-state index contributed by atoms with van der Waals surface area (Å²) in [7, 11) is 0. The lowest BCUT2D eigenvalue weighted by Gasteiger charge is -2.22. The van der Waals surface area contributed by atoms with E-state index in [0.717, 1.165) is 11.5 Å². The molecule has 3 nitrogen and oxygen atoms in total. The zero-order valence-electron chi connectivity index (χ0n) is 7.06. The van der Waals surface area contributed by atoms with Crippen LogP contribution in [0.3, 0.4) is 0 Å². The number of hydrogen-bond acceptors (Lipinski definition) is 2. The lowest BCUT2D eigenvalue weighted by Crippen LogP contribution is -2.31. The molecule has 0 bridgehead atoms. The van der Waals surface area contributed by atoms with Crippen molar-refractivity contribution in [2.75, 3.05) is 13.2 Å². The van der Waals surface area contributed by atoms with Crippen LogP contribution in [0.25, 0.3) is 4.85 Å². The summed E-state index contributed by atoms with van der Waals surface area (Å²) in [6.45, 7) is 7.54. The third-order valence-corrected chi connectivity index (χ3v) is 1.86. The number of hydrogen-bond donors (Lipinski definition) is 0. The van der Waals surface area contributed by atoms with E-state index in [4.69, 9.17) is 16.0 Å². The van der Waals surface area contributed by atoms with Crippen molar-refractivity contribution in [1.29, 1.82) is 0 Å². The molecule has 0 aromatic heterocycles. The molecule has 1 aromatic rings. The number of ether oxygens (including phenoxy) is 2. The molecule has 1 atom stereocenters. The number of fused-ring (bicyclic) bond motifs is 1. The summed E-state index contributed by atoms with van der Waals surface area (Å²) in [5.41, 5.74) is 0. The summed E-state index contributed by atoms with van der Waals surface area (Å²) in [6, 6.07) is 7.51. The number of para-hydroxylation sites is 2. The van der Waals surface area contributed by atoms with Crippen LogP contribution in [0.15, 0.2) is 24.3 Å². The van der Waals surface area contributed by atoms with Crippen LogP contribution >= 0.6 is 0 Å². The van der Waals surface area contributed by atoms with Crippen LogP contribution in [0.1, 0.15) is 0 Å². The first-order valence-corrected chi connectivity index (χ1v) is 4.12. The molecule has 0 N–H and O–H groups in total. The molecule has 1 heterocycles. The summed E-state index contributed by atoms with van der Waals surface area (Å²) in [5, 5.41) is 0. The van der Waals surface area contributed by atoms with Crippen LogP contribution < -0.4 is 9.47 Å². The fourth-order valence-corrected chi connectivity index (χ4v) is 1.25. The van der Waals surface area contributed by atoms with Gasteiger partial charge in [-0.15, -0.1) is 0 Å². The van der Waals surface area contributed by atoms with Crippen LogP contribution in [0.4, 0.5) is 0 Å². The lowest BCUT2D eigenvalue weighted by atomic mass is 10.2. The molecule has 1 aliphatic heterocycles. The minimum absolute atomic E-state index is 0.118. The molecule has 1 unspecified atom stereocenters. The van der Waals surface area contributed by atoms with Crippen molar-refractivity contribution in [1.82, 2.24) is 0 Å². The van der Waals surface area contributed by atoms with Crippen molar-refractivity contribution in [3.05, 3.63) is 35.7 Å². The Morgan fingerprint density at radius 1 is 1.38 bits per heavy atom. The van der Waals surface area contributed by atoms with E-state index in [1.54, 1.807) is 0 Å². The molecule has 0 spiro atoms. The molecule has 66 valence electrons. The Bertz CT molecular complexity index is 343. The summed E-state index contributed by atoms with van der Waals surface area (Å²) in [5.74, 6) is 1.51. The van der Waals surface area contributed by atoms with E-state index in [1.165, 1.54) is 0 Å². The van der Waals surface area contributed by atoms with Gasteiger partial charge in [0, 0.05) is 0 Å². The molecular weight excluding hydrogens is 166 g/mol. The third kappa shape index (κ3) is 1.57. The molecule has 0 amide bonds. The number of benzene rings is 1. The van der Waals surface area contributed by atoms with Crippen LogP contribution in [-0.4, -0.2) is 19.3 Å². The van der Waals surface area contributed by atoms with Gasteiger partial charge in [-0.1, -0.05) is 12.1 Å². The van der Waals surface area contributed by atoms with Gasteiger partial charge in [0.2, 0.25) is 6.10 Å². The Kier molecular flexibility index (Phi) is 2.05. The molecule has 1 aromatic carbocycles. The molecule has 0 radical (unpaired) electrons. The Labute approximate surface area is 76.7 Å². The van der Waals surface area contributed by atoms with E-state index in [-0.39, 0.29) is 6.10 Å². The molecular formula is C10H9NO2. The summed E-state index contributed by atoms with van der Waals surface area (Å²) >= 11 is 0. The minimum atomic E-state index is -0.118. The van der Waals surface area contributed by atoms with E-state index in [1.807, 2.05) is 24.3 Å². The van der Waals surface area contributed by atoms with E-state index < -0.39 is 0 Å². The average Bonchev–Trinajstić information content (AvgIpc) is 2.18. The second-order valence-electron chi connectivity index (χ2n) is 2.84. The van der Waals surface area contributed by atoms with E-state index in [9.17, 15) is 0 Å². The van der Waals surface area contributed by atoms with Crippen molar-refractivity contribution in [2.24, 2.45) is 0 Å². The summed E-state index contributed by atoms with van der Waals surface area (Å²) in [4.78, 5) is 3.28. The Balaban J connectivity index is 2.16. The van der Waals surface area contributed by atoms with Gasteiger partial charge in [0.05, 0.1) is 0 Å². The van der Waals surface area contributed by atoms with Crippen molar-refractivity contribution in [3.63, 3.8) is 0 Å². The van der Waals surface area contributed by atoms with Crippen molar-refractivity contribution < 1.29 is 9.47 Å². The first-order valence-electron chi connectivity index (χ1n) is 4.12. The molecule has 0 saturated heterocycles. The van der Waals surface area contributed by atoms with Crippen LogP contribution in [0.2, 0.25) is 0 Å². The quantitative estimate of drug-likeness (QED) is 0.607. The van der Waals surface area contributed by atoms with E-state index in [2.05, 4.69) is 4.85 Å². The normalized spacial score (nSPS) is 19.2. The number of rotatable bonds is 1. The topological polar surface area (TPSA) is 22.8 Å². The fourth-order valence-electron chi connectivity index (χ4n) is 1.25. The Morgan fingerprint density at radius 3 is 2.92 bits per heavy atom. The predicted octanol–water partition coefficient (Wildman–Crippen LogP) is 1.75. The molecule has 13 heavy (non-hydrogen) atoms. The maximum atomic E-state index is 6.71. The smallest absolute Gasteiger partial charge is 0.254 e. The molecule has 3 heteroatoms. The Morgan fingerprint density at radius 2 is 2.15 bits per heavy atom. The highest BCUT2D eigenvalue weighted by atomic mass is 16.6. The van der Waals surface area contributed by atoms with Gasteiger partial charge in [-0.25, -0.2) is 6.57 Å². The van der Waals surface area contributed by atoms with Gasteiger partial charge in [-0.05, 0) is 12.1 Å². The molecule has 1 aliphatic rings. The highest BCUT2D eigenvalue weighted by Gasteiger charge is 2.22. The van der Waals surface area contributed by atoms with Gasteiger partial charge in [0.25, 0.3) is 6.54 Å². The highest BCUT2D eigenvalue weighted by molar-refractivity contribution is 5.40. The second-order valence-corrected chi connectivity index (χ2v) is 2.84. The van der Waals surface area contributed by atoms with Crippen molar-refractivity contribution in [2.45, 2.75) is 6.10 Å². The standard InChI is InChI=1S/C10H9NO2/c1-11-6-8-7-12-9-4-2-3-5-10(9)13-8/h2-5,8H,6-7H2. The first kappa shape index (κ1) is 7.93. The molecule has 0 aliphatic carbocycles. The summed E-state index contributed by atoms with van der Waals surface area (Å²) in [6.07, 6.45) is -0.118. The van der Waals surface area contributed by atoms with E-state index >= 15 is 0 Å². The van der Waals surface area contributed by atoms with Crippen molar-refractivity contribution >= 4 is 0 Å². The molecule has 2 rings (SSSR count). The van der Waals surface area contributed by atoms with Gasteiger partial charge >= 0.3 is 0 Å². The average molecular weight is 175 g/mol. The maximum absolute atomic E-state index is 6.71. The second kappa shape index (κ2) is 3.36. The largest absolute Gasteiger partial charge is 0.486 e. The monoisotopic (exact) mass is 175 g/mol. The van der Waals surface area contributed by atoms with E-state index in [0.29, 0.717) is 13.2 Å². The number of nitrogens with zero attached hydrogens (tertiary/aromatic N) is 1. The lowest BCUT2D eigenvalue weighted by molar-refractivity contribution is 0.102. The molecule has 0 saturated carbocycles. The van der Waals surface area contributed by atoms with Crippen molar-refractivity contribution in [3.8, 4) is 11.5 Å². The predicted molar refractivity (Wildman–Crippen MR) is 47.8 cm³/mol. The van der Waals surface area contributed by atoms with Gasteiger partial charge in [-0.3, -0.25) is 0 Å². The van der Waals surface area contributed by atoms with Crippen LogP contribution in [0, 0.1) is 6.57 Å². The maximum Gasteiger partial charge on any atom is 0.254 e. The van der Waals surface area contributed by atoms with Gasteiger partial charge in [0.15, 0.2) is 11.5 Å².